The highest BCUT2D eigenvalue weighted by molar-refractivity contribution is 5.90. The number of nitrogens with one attached hydrogen (secondary N) is 6. The van der Waals surface area contributed by atoms with Crippen molar-refractivity contribution in [1.82, 2.24) is 75.5 Å². The Morgan fingerprint density at radius 3 is 1.25 bits per heavy atom. The fourth-order valence-corrected chi connectivity index (χ4v) is 10.3. The molecule has 1 aliphatic rings. The molecule has 1 fully saturated rings. The molecule has 2 aromatic rings. The van der Waals surface area contributed by atoms with Crippen LogP contribution in [0.4, 0.5) is 4.79 Å². The average Bonchev–Trinajstić information content (AvgIpc) is 2.01. The Kier molecular flexibility index (Phi) is 38.5. The van der Waals surface area contributed by atoms with Crippen molar-refractivity contribution in [3.63, 3.8) is 0 Å². The minimum absolute atomic E-state index is 0.0876. The largest absolute Gasteiger partial charge is 0.481 e. The average molecular weight is 1370 g/mol. The van der Waals surface area contributed by atoms with Crippen LogP contribution in [0.2, 0.25) is 0 Å². The van der Waals surface area contributed by atoms with Crippen LogP contribution >= 0.6 is 0 Å². The van der Waals surface area contributed by atoms with E-state index in [1.54, 1.807) is 19.6 Å². The summed E-state index contributed by atoms with van der Waals surface area (Å²) in [7, 11) is 0. The molecule has 538 valence electrons. The van der Waals surface area contributed by atoms with Crippen LogP contribution in [0, 0.1) is 0 Å². The van der Waals surface area contributed by atoms with Crippen molar-refractivity contribution in [3.8, 4) is 0 Å². The lowest BCUT2D eigenvalue weighted by atomic mass is 10.1. The first-order valence-electron chi connectivity index (χ1n) is 32.0. The molecular weight excluding hydrogens is 1270 g/mol. The van der Waals surface area contributed by atoms with Gasteiger partial charge >= 0.3 is 53.8 Å². The fourth-order valence-electron chi connectivity index (χ4n) is 10.3. The van der Waals surface area contributed by atoms with Crippen LogP contribution in [-0.2, 0) is 83.7 Å². The van der Waals surface area contributed by atoms with Gasteiger partial charge in [0.2, 0.25) is 23.6 Å². The molecule has 3 heterocycles. The van der Waals surface area contributed by atoms with Crippen LogP contribution in [0.15, 0.2) is 24.8 Å². The number of unbranched alkanes of at least 4 members (excludes halogenated alkanes) is 7. The standard InChI is InChI=1S/C59H96N16O21/c60-41(11-5-9-18-64-48(77)35-69-25-27-70(36-50(80)81)29-31-72(38-52(84)85)32-30-71(28-26-69)37-51(82)83)55(90)66-42(12-6-10-22-73(33-45-61-20-23-74(45)39-53(86)87)34-46-62-21-24-75(46)40-54(88)89)56(91)65-19-8-4-2-1-3-7-17-63-47(76)15-13-43(57(92)93)67-59(96)68-44(58(94)95)14-16-49(78)79/h20-21,23-24,41-44H,1-19,22,25-40,60H2,(H,63,76)(H,64,77)(H,65,91)(H,66,90)(H,78,79)(H,80,81)(H,82,83)(H,84,85)(H,86,87)(H,88,89)(H,92,93)(H,94,95)(H2,67,68,96)/t41-,42-,43-,44-/m0/s1. The lowest BCUT2D eigenvalue weighted by Gasteiger charge is -2.32. The van der Waals surface area contributed by atoms with Gasteiger partial charge in [0.25, 0.3) is 0 Å². The van der Waals surface area contributed by atoms with Crippen molar-refractivity contribution in [3.05, 3.63) is 36.4 Å². The normalized spacial score (nSPS) is 14.9. The molecule has 0 aliphatic carbocycles. The molecule has 1 aliphatic heterocycles. The van der Waals surface area contributed by atoms with Gasteiger partial charge < -0.3 is 87.6 Å². The lowest BCUT2D eigenvalue weighted by molar-refractivity contribution is -0.141. The van der Waals surface area contributed by atoms with E-state index in [9.17, 15) is 98.1 Å². The second-order valence-electron chi connectivity index (χ2n) is 23.4. The number of aromatic nitrogens is 4. The van der Waals surface area contributed by atoms with Gasteiger partial charge in [0, 0.05) is 110 Å². The molecule has 16 N–H and O–H groups in total. The monoisotopic (exact) mass is 1360 g/mol. The number of aliphatic carboxylic acids is 8. The lowest BCUT2D eigenvalue weighted by Crippen LogP contribution is -2.51. The molecule has 37 nitrogen and oxygen atoms in total. The van der Waals surface area contributed by atoms with E-state index < -0.39 is 109 Å². The van der Waals surface area contributed by atoms with Crippen LogP contribution in [-0.4, -0.2) is 291 Å². The first-order chi connectivity index (χ1) is 45.7. The molecule has 0 aromatic carbocycles. The van der Waals surface area contributed by atoms with Gasteiger partial charge in [0.15, 0.2) is 0 Å². The Morgan fingerprint density at radius 1 is 0.417 bits per heavy atom. The molecule has 0 spiro atoms. The summed E-state index contributed by atoms with van der Waals surface area (Å²) >= 11 is 0. The van der Waals surface area contributed by atoms with Crippen LogP contribution in [0.5, 0.6) is 0 Å². The highest BCUT2D eigenvalue weighted by atomic mass is 16.4. The van der Waals surface area contributed by atoms with Crippen molar-refractivity contribution in [2.75, 3.05) is 105 Å². The second kappa shape index (κ2) is 45.5. The Morgan fingerprint density at radius 2 is 0.812 bits per heavy atom. The van der Waals surface area contributed by atoms with Crippen LogP contribution in [0.25, 0.3) is 0 Å². The molecule has 0 saturated carbocycles. The quantitative estimate of drug-likeness (QED) is 0.0303. The number of amides is 6. The molecule has 0 unspecified atom stereocenters. The smallest absolute Gasteiger partial charge is 0.326 e. The van der Waals surface area contributed by atoms with E-state index in [4.69, 9.17) is 10.8 Å². The summed E-state index contributed by atoms with van der Waals surface area (Å²) in [6.45, 7) is 1.61. The molecular formula is C59H96N16O21. The van der Waals surface area contributed by atoms with Crippen molar-refractivity contribution in [1.29, 1.82) is 0 Å². The zero-order chi connectivity index (χ0) is 71.0. The summed E-state index contributed by atoms with van der Waals surface area (Å²) in [5, 5.41) is 90.6. The predicted octanol–water partition coefficient (Wildman–Crippen LogP) is -2.58. The van der Waals surface area contributed by atoms with Gasteiger partial charge in [-0.1, -0.05) is 25.7 Å². The molecule has 1 saturated heterocycles. The maximum Gasteiger partial charge on any atom is 0.326 e. The summed E-state index contributed by atoms with van der Waals surface area (Å²) in [4.78, 5) is 175. The molecule has 0 radical (unpaired) electrons. The predicted molar refractivity (Wildman–Crippen MR) is 337 cm³/mol. The van der Waals surface area contributed by atoms with Crippen molar-refractivity contribution >= 4 is 77.4 Å². The zero-order valence-corrected chi connectivity index (χ0v) is 54.1. The highest BCUT2D eigenvalue weighted by Crippen LogP contribution is 2.14. The van der Waals surface area contributed by atoms with Gasteiger partial charge in [0.1, 0.15) is 42.9 Å². The number of rotatable bonds is 48. The van der Waals surface area contributed by atoms with E-state index in [1.807, 2.05) is 10.2 Å². The number of urea groups is 1. The van der Waals surface area contributed by atoms with Gasteiger partial charge in [-0.25, -0.2) is 24.4 Å². The van der Waals surface area contributed by atoms with Crippen LogP contribution < -0.4 is 37.6 Å². The van der Waals surface area contributed by atoms with E-state index in [1.165, 1.54) is 33.9 Å². The summed E-state index contributed by atoms with van der Waals surface area (Å²) in [6, 6.07) is -6.33. The van der Waals surface area contributed by atoms with Gasteiger partial charge in [-0.3, -0.25) is 72.4 Å². The number of carbonyl (C=O) groups is 13. The first-order valence-corrected chi connectivity index (χ1v) is 32.0. The topological polar surface area (TPSA) is 534 Å². The Hall–Kier alpha value is -8.91. The van der Waals surface area contributed by atoms with Crippen LogP contribution in [0.1, 0.15) is 114 Å². The first kappa shape index (κ1) is 81.3. The van der Waals surface area contributed by atoms with E-state index in [0.29, 0.717) is 56.7 Å². The maximum atomic E-state index is 13.9. The third kappa shape index (κ3) is 36.1. The molecule has 2 aromatic heterocycles. The molecule has 0 bridgehead atoms. The summed E-state index contributed by atoms with van der Waals surface area (Å²) < 4.78 is 2.95. The van der Waals surface area contributed by atoms with E-state index in [-0.39, 0.29) is 156 Å². The Bertz CT molecular complexity index is 2750. The van der Waals surface area contributed by atoms with Crippen molar-refractivity contribution in [2.45, 2.75) is 153 Å². The SMILES string of the molecule is N[C@@H](CCCCNC(=O)CN1CCN(CC(=O)O)CCN(CC(=O)O)CCN(CC(=O)O)CC1)C(=O)N[C@@H](CCCCN(Cc1nccn1CC(=O)O)Cc1nccn1CC(=O)O)C(=O)NCCCCCCCCNC(=O)CC[C@H](NC(=O)N[C@@H](CCC(=O)O)C(=O)O)C(=O)O. The number of hydrogen-bond acceptors (Lipinski definition) is 21. The fraction of sp³-hybridized carbons (Fsp3) is 0.678. The van der Waals surface area contributed by atoms with Crippen molar-refractivity contribution in [2.24, 2.45) is 5.73 Å². The van der Waals surface area contributed by atoms with E-state index in [0.717, 1.165) is 25.7 Å². The molecule has 6 amide bonds. The third-order valence-electron chi connectivity index (χ3n) is 15.5. The molecule has 3 rings (SSSR count). The summed E-state index contributed by atoms with van der Waals surface area (Å²) in [5.41, 5.74) is 6.39. The molecule has 37 heteroatoms. The molecule has 4 atom stereocenters. The van der Waals surface area contributed by atoms with Gasteiger partial charge in [-0.15, -0.1) is 0 Å². The Balaban J connectivity index is 1.57. The minimum Gasteiger partial charge on any atom is -0.481 e. The van der Waals surface area contributed by atoms with Gasteiger partial charge in [0.05, 0.1) is 45.3 Å². The summed E-state index contributed by atoms with van der Waals surface area (Å²) in [6.07, 6.45) is 10.7. The van der Waals surface area contributed by atoms with Gasteiger partial charge in [-0.05, 0) is 70.8 Å². The maximum absolute atomic E-state index is 13.9. The van der Waals surface area contributed by atoms with E-state index >= 15 is 0 Å². The highest BCUT2D eigenvalue weighted by Gasteiger charge is 2.28. The molecule has 96 heavy (non-hydrogen) atoms. The number of nitrogens with zero attached hydrogens (tertiary/aromatic N) is 9. The number of carbonyl (C=O) groups excluding carboxylic acids is 5. The second-order valence-corrected chi connectivity index (χ2v) is 23.4. The zero-order valence-electron chi connectivity index (χ0n) is 54.1. The number of carboxylic acids is 8. The number of nitrogens with two attached hydrogens (primary N) is 1. The minimum atomic E-state index is -1.58. The third-order valence-corrected chi connectivity index (χ3v) is 15.5. The van der Waals surface area contributed by atoms with Crippen molar-refractivity contribution < 1.29 is 103 Å². The Labute approximate surface area is 554 Å². The van der Waals surface area contributed by atoms with Crippen LogP contribution in [0.3, 0.4) is 0 Å². The van der Waals surface area contributed by atoms with Gasteiger partial charge in [-0.2, -0.15) is 0 Å². The van der Waals surface area contributed by atoms with E-state index in [2.05, 4.69) is 36.6 Å². The number of carboxylic acid groups (broad SMARTS) is 8. The summed E-state index contributed by atoms with van der Waals surface area (Å²) in [5.74, 6) is -10.6. The number of hydrogen-bond donors (Lipinski definition) is 15. The number of imidazole rings is 2.